The van der Waals surface area contributed by atoms with Gasteiger partial charge in [-0.3, -0.25) is 32.5 Å². The second-order valence-electron chi connectivity index (χ2n) is 27.1. The number of aliphatic hydroxyl groups is 2. The monoisotopic (exact) mass is 1580 g/mol. The second-order valence-corrected chi connectivity index (χ2v) is 30.0. The first-order valence-electron chi connectivity index (χ1n) is 42.0. The number of rotatable bonds is 77. The van der Waals surface area contributed by atoms with Crippen LogP contribution in [0.15, 0.2) is 219 Å². The molecule has 5 atom stereocenters. The van der Waals surface area contributed by atoms with Gasteiger partial charge in [0.1, 0.15) is 25.4 Å². The van der Waals surface area contributed by atoms with Gasteiger partial charge in [-0.1, -0.05) is 317 Å². The number of hydrogen-bond donors (Lipinski definition) is 4. The Kier molecular flexibility index (Phi) is 78.7. The maximum absolute atomic E-state index is 13.0. The van der Waals surface area contributed by atoms with Crippen LogP contribution in [0.4, 0.5) is 0 Å². The first kappa shape index (κ1) is 105. The van der Waals surface area contributed by atoms with Crippen LogP contribution in [0.5, 0.6) is 0 Å². The zero-order valence-electron chi connectivity index (χ0n) is 68.5. The lowest BCUT2D eigenvalue weighted by Gasteiger charge is -2.21. The van der Waals surface area contributed by atoms with Gasteiger partial charge in [0.25, 0.3) is 0 Å². The van der Waals surface area contributed by atoms with Gasteiger partial charge < -0.3 is 34.2 Å². The van der Waals surface area contributed by atoms with E-state index in [-0.39, 0.29) is 19.3 Å². The van der Waals surface area contributed by atoms with E-state index in [0.29, 0.717) is 25.7 Å². The van der Waals surface area contributed by atoms with Crippen LogP contribution in [0.25, 0.3) is 0 Å². The zero-order chi connectivity index (χ0) is 80.8. The third-order valence-electron chi connectivity index (χ3n) is 16.7. The van der Waals surface area contributed by atoms with E-state index >= 15 is 0 Å². The minimum Gasteiger partial charge on any atom is -0.463 e. The molecule has 0 spiro atoms. The minimum atomic E-state index is -4.96. The van der Waals surface area contributed by atoms with Crippen molar-refractivity contribution in [3.8, 4) is 0 Å². The third kappa shape index (κ3) is 84.6. The lowest BCUT2D eigenvalue weighted by atomic mass is 10.1. The number of esters is 3. The van der Waals surface area contributed by atoms with Crippen LogP contribution in [0.1, 0.15) is 290 Å². The van der Waals surface area contributed by atoms with Gasteiger partial charge in [-0.25, -0.2) is 9.13 Å². The summed E-state index contributed by atoms with van der Waals surface area (Å²) in [5.74, 6) is -1.66. The highest BCUT2D eigenvalue weighted by Crippen LogP contribution is 2.45. The molecule has 0 saturated carbocycles. The summed E-state index contributed by atoms with van der Waals surface area (Å²) in [4.78, 5) is 58.8. The number of hydrogen-bond acceptors (Lipinski definition) is 14. The normalized spacial score (nSPS) is 15.0. The van der Waals surface area contributed by atoms with Gasteiger partial charge in [0.15, 0.2) is 6.10 Å². The van der Waals surface area contributed by atoms with Crippen LogP contribution in [0.2, 0.25) is 0 Å². The molecule has 0 aliphatic heterocycles. The summed E-state index contributed by atoms with van der Waals surface area (Å²) in [6.45, 7) is 2.24. The van der Waals surface area contributed by atoms with Gasteiger partial charge in [0, 0.05) is 19.3 Å². The summed E-state index contributed by atoms with van der Waals surface area (Å²) in [5.41, 5.74) is 0. The summed E-state index contributed by atoms with van der Waals surface area (Å²) in [6.07, 6.45) is 113. The first-order chi connectivity index (χ1) is 54.2. The molecule has 0 heterocycles. The number of aliphatic hydroxyl groups excluding tert-OH is 2. The Hall–Kier alpha value is -6.13. The molecule has 626 valence electrons. The van der Waals surface area contributed by atoms with E-state index in [1.54, 1.807) is 0 Å². The van der Waals surface area contributed by atoms with E-state index in [0.717, 1.165) is 193 Å². The highest BCUT2D eigenvalue weighted by molar-refractivity contribution is 7.47. The largest absolute Gasteiger partial charge is 0.472 e. The quantitative estimate of drug-likeness (QED) is 0.0146. The van der Waals surface area contributed by atoms with Crippen molar-refractivity contribution in [1.82, 2.24) is 0 Å². The molecule has 5 unspecified atom stereocenters. The average molecular weight is 1580 g/mol. The molecule has 0 fully saturated rings. The topological polar surface area (TPSA) is 231 Å². The van der Waals surface area contributed by atoms with Gasteiger partial charge in [0.2, 0.25) is 0 Å². The fraction of sp³-hybridized carbons (Fsp3) is 0.581. The fourth-order valence-corrected chi connectivity index (χ4v) is 12.0. The third-order valence-corrected chi connectivity index (χ3v) is 18.6. The Balaban J connectivity index is 4.72. The Labute approximate surface area is 672 Å². The van der Waals surface area contributed by atoms with Crippen molar-refractivity contribution >= 4 is 33.6 Å². The molecular weight excluding hydrogens is 1430 g/mol. The summed E-state index contributed by atoms with van der Waals surface area (Å²) >= 11 is 0. The Bertz CT molecular complexity index is 2900. The Morgan fingerprint density at radius 3 is 0.730 bits per heavy atom. The van der Waals surface area contributed by atoms with Gasteiger partial charge in [-0.15, -0.1) is 0 Å². The highest BCUT2D eigenvalue weighted by Gasteiger charge is 2.29. The number of phosphoric ester groups is 2. The minimum absolute atomic E-state index is 0.0363. The number of ether oxygens (including phenoxy) is 3. The Morgan fingerprint density at radius 1 is 0.252 bits per heavy atom. The predicted octanol–water partition coefficient (Wildman–Crippen LogP) is 25.4. The molecule has 16 nitrogen and oxygen atoms in total. The van der Waals surface area contributed by atoms with Crippen LogP contribution in [-0.2, 0) is 55.8 Å². The number of carbonyl (C=O) groups is 3. The maximum atomic E-state index is 13.0. The van der Waals surface area contributed by atoms with E-state index in [1.807, 2.05) is 0 Å². The van der Waals surface area contributed by atoms with Crippen LogP contribution in [0, 0.1) is 0 Å². The molecule has 0 bridgehead atoms. The smallest absolute Gasteiger partial charge is 0.463 e. The Morgan fingerprint density at radius 2 is 0.450 bits per heavy atom. The van der Waals surface area contributed by atoms with Crippen molar-refractivity contribution in [2.75, 3.05) is 39.6 Å². The molecule has 0 saturated heterocycles. The van der Waals surface area contributed by atoms with Crippen molar-refractivity contribution in [2.45, 2.75) is 309 Å². The fourth-order valence-electron chi connectivity index (χ4n) is 10.4. The summed E-state index contributed by atoms with van der Waals surface area (Å²) in [5, 5.41) is 20.7. The van der Waals surface area contributed by atoms with E-state index < -0.39 is 91.5 Å². The lowest BCUT2D eigenvalue weighted by molar-refractivity contribution is -0.161. The molecule has 0 aromatic carbocycles. The molecule has 0 aliphatic carbocycles. The zero-order valence-corrected chi connectivity index (χ0v) is 70.3. The van der Waals surface area contributed by atoms with Gasteiger partial charge in [-0.05, 0) is 173 Å². The molecule has 0 aliphatic rings. The molecule has 0 radical (unpaired) electrons. The van der Waals surface area contributed by atoms with Crippen LogP contribution in [-0.4, -0.2) is 95.9 Å². The lowest BCUT2D eigenvalue weighted by Crippen LogP contribution is -2.30. The molecule has 18 heteroatoms. The van der Waals surface area contributed by atoms with Crippen molar-refractivity contribution in [1.29, 1.82) is 0 Å². The van der Waals surface area contributed by atoms with Gasteiger partial charge >= 0.3 is 33.6 Å². The molecule has 111 heavy (non-hydrogen) atoms. The van der Waals surface area contributed by atoms with Crippen LogP contribution in [0.3, 0.4) is 0 Å². The van der Waals surface area contributed by atoms with E-state index in [9.17, 15) is 43.5 Å². The van der Waals surface area contributed by atoms with Crippen molar-refractivity contribution < 1.29 is 75.8 Å². The number of unbranched alkanes of at least 4 members (excludes halogenated alkanes) is 18. The van der Waals surface area contributed by atoms with E-state index in [2.05, 4.69) is 240 Å². The van der Waals surface area contributed by atoms with Crippen LogP contribution >= 0.6 is 15.6 Å². The average Bonchev–Trinajstić information content (AvgIpc) is 0.898. The number of phosphoric acid groups is 2. The molecule has 4 N–H and O–H groups in total. The second kappa shape index (κ2) is 83.3. The summed E-state index contributed by atoms with van der Waals surface area (Å²) in [7, 11) is -9.84. The van der Waals surface area contributed by atoms with Gasteiger partial charge in [-0.2, -0.15) is 0 Å². The van der Waals surface area contributed by atoms with E-state index in [4.69, 9.17) is 32.3 Å². The van der Waals surface area contributed by atoms with Crippen molar-refractivity contribution in [2.24, 2.45) is 0 Å². The molecule has 0 amide bonds. The van der Waals surface area contributed by atoms with E-state index in [1.165, 1.54) is 32.1 Å². The standard InChI is InChI=1S/C93H148O16P2/c1-4-7-10-13-16-19-22-25-28-31-34-37-39-41-42-43-44-46-48-50-52-55-58-61-64-67-70-73-76-79-91(96)103-82-88(94)83-105-110(99,100)106-84-89(95)85-107-111(101,102)108-87-90(109-93(98)81-78-75-72-69-66-63-60-57-54-49-36-33-30-27-24-21-18-15-12-9-6-3)86-104-92(97)80-77-74-71-68-65-62-59-56-53-51-47-45-40-38-35-32-29-26-23-20-17-14-11-8-5-2/h7-12,16-21,25-30,34-38,41-42,44-47,49,53,56-57,60,66,69,88-90,94-95H,4-6,13-15,22-24,31-33,39-40,43,48,50-52,54-55,58-59,61-65,67-68,70-87H2,1-3H3,(H,99,100)(H,101,102)/b10-7-,11-8-,12-9-,19-16-,20-17-,21-18-,28-25-,29-26-,30-27-,37-34-,38-35-,42-41-,46-44-,47-45-,49-36-,56-53-,60-57-,69-66-. The van der Waals surface area contributed by atoms with Crippen LogP contribution < -0.4 is 0 Å². The molecule has 0 aromatic heterocycles. The molecule has 0 aromatic rings. The van der Waals surface area contributed by atoms with Crippen molar-refractivity contribution in [3.05, 3.63) is 219 Å². The van der Waals surface area contributed by atoms with Gasteiger partial charge in [0.05, 0.1) is 26.4 Å². The predicted molar refractivity (Wildman–Crippen MR) is 463 cm³/mol. The SMILES string of the molecule is CC/C=C\C/C=C\C/C=C\C/C=C\C/C=C\C/C=C\CCCCCCCCCCCCC(=O)OCC(O)COP(=O)(O)OCC(O)COP(=O)(O)OCC(COC(=O)CCCCCCCC/C=C\C/C=C\C/C=C\C/C=C\C/C=C\C/C=C\CC)OC(=O)CCCC/C=C\C/C=C\C/C=C\C/C=C\C/C=C\C/C=C\CC. The number of allylic oxidation sites excluding steroid dienone is 36. The first-order valence-corrected chi connectivity index (χ1v) is 45.0. The summed E-state index contributed by atoms with van der Waals surface area (Å²) < 4.78 is 61.2. The highest BCUT2D eigenvalue weighted by atomic mass is 31.2. The van der Waals surface area contributed by atoms with Crippen molar-refractivity contribution in [3.63, 3.8) is 0 Å². The molecule has 0 rings (SSSR count). The molecular formula is C93H148O16P2. The summed E-state index contributed by atoms with van der Waals surface area (Å²) in [6, 6.07) is 0. The maximum Gasteiger partial charge on any atom is 0.472 e. The number of carbonyl (C=O) groups excluding carboxylic acids is 3.